The summed E-state index contributed by atoms with van der Waals surface area (Å²) in [6, 6.07) is -0.330. The molecule has 0 radical (unpaired) electrons. The summed E-state index contributed by atoms with van der Waals surface area (Å²) >= 11 is 0. The molecule has 0 spiro atoms. The molecule has 116 valence electrons. The molecule has 0 saturated carbocycles. The van der Waals surface area contributed by atoms with E-state index in [1.807, 2.05) is 0 Å². The Hall–Kier alpha value is -1.86. The van der Waals surface area contributed by atoms with Gasteiger partial charge in [-0.1, -0.05) is 6.08 Å². The number of rotatable bonds is 3. The quantitative estimate of drug-likeness (QED) is 0.699. The molecule has 4 N–H and O–H groups in total. The van der Waals surface area contributed by atoms with Crippen LogP contribution < -0.4 is 11.1 Å². The van der Waals surface area contributed by atoms with Crippen molar-refractivity contribution in [2.75, 3.05) is 39.3 Å². The van der Waals surface area contributed by atoms with Crippen LogP contribution in [0.2, 0.25) is 0 Å². The van der Waals surface area contributed by atoms with E-state index in [1.54, 1.807) is 11.0 Å². The molecule has 0 aromatic rings. The summed E-state index contributed by atoms with van der Waals surface area (Å²) in [5.74, 6) is -0.473. The van der Waals surface area contributed by atoms with Crippen molar-refractivity contribution in [2.24, 2.45) is 5.73 Å². The van der Waals surface area contributed by atoms with Gasteiger partial charge in [-0.15, -0.1) is 0 Å². The molecule has 1 saturated heterocycles. The number of piperazine rings is 1. The Morgan fingerprint density at radius 3 is 2.71 bits per heavy atom. The summed E-state index contributed by atoms with van der Waals surface area (Å²) in [5, 5.41) is 11.5. The van der Waals surface area contributed by atoms with Crippen LogP contribution in [0.25, 0.3) is 0 Å². The number of allylic oxidation sites excluding steroid dienone is 4. The molecule has 7 heteroatoms. The van der Waals surface area contributed by atoms with Gasteiger partial charge >= 0.3 is 6.03 Å². The van der Waals surface area contributed by atoms with Crippen LogP contribution in [0.15, 0.2) is 35.4 Å². The van der Waals surface area contributed by atoms with Gasteiger partial charge in [0.25, 0.3) is 0 Å². The van der Waals surface area contributed by atoms with Gasteiger partial charge in [0.05, 0.1) is 12.3 Å². The van der Waals surface area contributed by atoms with E-state index in [1.165, 1.54) is 12.2 Å². The molecule has 2 aliphatic rings. The lowest BCUT2D eigenvalue weighted by Crippen LogP contribution is -2.52. The molecule has 0 aromatic heterocycles. The predicted molar refractivity (Wildman–Crippen MR) is 77.8 cm³/mol. The Labute approximate surface area is 123 Å². The maximum atomic E-state index is 13.8. The molecule has 6 nitrogen and oxygen atoms in total. The van der Waals surface area contributed by atoms with Crippen LogP contribution in [0.5, 0.6) is 0 Å². The van der Waals surface area contributed by atoms with Gasteiger partial charge in [0.2, 0.25) is 0 Å². The Balaban J connectivity index is 1.91. The van der Waals surface area contributed by atoms with Crippen molar-refractivity contribution in [3.8, 4) is 0 Å². The van der Waals surface area contributed by atoms with Crippen LogP contribution in [0, 0.1) is 0 Å². The standard InChI is InChI=1S/C14H21FN4O2/c15-12-3-1-2-11(16)10-13(12)17-14(21)19-6-4-18(5-7-19)8-9-20/h2-3,10,20H,1,4-9,16H2,(H,17,21). The SMILES string of the molecule is NC1=CCC=C(F)C(NC(=O)N2CCN(CCO)CC2)=C1. The van der Waals surface area contributed by atoms with Crippen LogP contribution in [0.3, 0.4) is 0 Å². The number of halogens is 1. The van der Waals surface area contributed by atoms with Gasteiger partial charge in [-0.3, -0.25) is 4.90 Å². The molecule has 0 atom stereocenters. The Bertz CT molecular complexity index is 479. The van der Waals surface area contributed by atoms with E-state index in [2.05, 4.69) is 10.2 Å². The predicted octanol–water partition coefficient (Wildman–Crippen LogP) is 0.290. The average molecular weight is 296 g/mol. The summed E-state index contributed by atoms with van der Waals surface area (Å²) in [7, 11) is 0. The fraction of sp³-hybridized carbons (Fsp3) is 0.500. The first-order valence-electron chi connectivity index (χ1n) is 7.02. The van der Waals surface area contributed by atoms with Crippen molar-refractivity contribution in [1.29, 1.82) is 0 Å². The summed E-state index contributed by atoms with van der Waals surface area (Å²) in [5.41, 5.74) is 6.22. The van der Waals surface area contributed by atoms with Crippen molar-refractivity contribution in [1.82, 2.24) is 15.1 Å². The third-order valence-corrected chi connectivity index (χ3v) is 3.54. The molecule has 0 unspecified atom stereocenters. The number of nitrogens with two attached hydrogens (primary N) is 1. The van der Waals surface area contributed by atoms with Crippen molar-refractivity contribution in [2.45, 2.75) is 6.42 Å². The highest BCUT2D eigenvalue weighted by Crippen LogP contribution is 2.16. The van der Waals surface area contributed by atoms with Gasteiger partial charge in [0.15, 0.2) is 0 Å². The molecule has 0 aromatic carbocycles. The van der Waals surface area contributed by atoms with Crippen LogP contribution >= 0.6 is 0 Å². The molecule has 2 rings (SSSR count). The minimum Gasteiger partial charge on any atom is -0.399 e. The number of amides is 2. The highest BCUT2D eigenvalue weighted by atomic mass is 19.1. The normalized spacial score (nSPS) is 20.3. The number of carbonyl (C=O) groups is 1. The lowest BCUT2D eigenvalue weighted by atomic mass is 10.3. The average Bonchev–Trinajstić information content (AvgIpc) is 2.62. The smallest absolute Gasteiger partial charge is 0.322 e. The van der Waals surface area contributed by atoms with Gasteiger partial charge in [-0.25, -0.2) is 9.18 Å². The molecule has 1 aliphatic heterocycles. The second kappa shape index (κ2) is 7.24. The van der Waals surface area contributed by atoms with Gasteiger partial charge in [-0.05, 0) is 18.6 Å². The van der Waals surface area contributed by atoms with E-state index in [0.717, 1.165) is 0 Å². The summed E-state index contributed by atoms with van der Waals surface area (Å²) in [6.07, 6.45) is 4.91. The zero-order valence-electron chi connectivity index (χ0n) is 11.9. The van der Waals surface area contributed by atoms with Crippen molar-refractivity contribution in [3.05, 3.63) is 35.4 Å². The first-order chi connectivity index (χ1) is 10.1. The van der Waals surface area contributed by atoms with E-state index in [-0.39, 0.29) is 18.3 Å². The summed E-state index contributed by atoms with van der Waals surface area (Å²) in [4.78, 5) is 15.9. The molecular weight excluding hydrogens is 275 g/mol. The monoisotopic (exact) mass is 296 g/mol. The molecule has 1 aliphatic carbocycles. The molecule has 1 heterocycles. The number of carbonyl (C=O) groups excluding carboxylic acids is 1. The first kappa shape index (κ1) is 15.5. The third-order valence-electron chi connectivity index (χ3n) is 3.54. The topological polar surface area (TPSA) is 81.8 Å². The van der Waals surface area contributed by atoms with Gasteiger partial charge in [0, 0.05) is 38.4 Å². The number of hydrogen-bond donors (Lipinski definition) is 3. The second-order valence-electron chi connectivity index (χ2n) is 5.03. The largest absolute Gasteiger partial charge is 0.399 e. The molecular formula is C14H21FN4O2. The van der Waals surface area contributed by atoms with Crippen LogP contribution in [-0.4, -0.2) is 60.3 Å². The lowest BCUT2D eigenvalue weighted by molar-refractivity contribution is 0.123. The minimum atomic E-state index is -0.473. The first-order valence-corrected chi connectivity index (χ1v) is 7.02. The fourth-order valence-electron chi connectivity index (χ4n) is 2.31. The molecule has 21 heavy (non-hydrogen) atoms. The highest BCUT2D eigenvalue weighted by molar-refractivity contribution is 5.77. The number of aliphatic hydroxyl groups is 1. The zero-order chi connectivity index (χ0) is 15.2. The third kappa shape index (κ3) is 4.30. The maximum Gasteiger partial charge on any atom is 0.322 e. The van der Waals surface area contributed by atoms with E-state index in [4.69, 9.17) is 10.8 Å². The summed E-state index contributed by atoms with van der Waals surface area (Å²) in [6.45, 7) is 3.23. The van der Waals surface area contributed by atoms with E-state index < -0.39 is 5.83 Å². The van der Waals surface area contributed by atoms with Crippen molar-refractivity contribution in [3.63, 3.8) is 0 Å². The van der Waals surface area contributed by atoms with E-state index in [9.17, 15) is 9.18 Å². The second-order valence-corrected chi connectivity index (χ2v) is 5.03. The van der Waals surface area contributed by atoms with Gasteiger partial charge in [-0.2, -0.15) is 0 Å². The van der Waals surface area contributed by atoms with Crippen molar-refractivity contribution >= 4 is 6.03 Å². The minimum absolute atomic E-state index is 0.101. The van der Waals surface area contributed by atoms with Crippen molar-refractivity contribution < 1.29 is 14.3 Å². The number of hydrogen-bond acceptors (Lipinski definition) is 4. The lowest BCUT2D eigenvalue weighted by Gasteiger charge is -2.34. The number of urea groups is 1. The number of nitrogens with one attached hydrogen (secondary N) is 1. The van der Waals surface area contributed by atoms with Crippen LogP contribution in [0.4, 0.5) is 9.18 Å². The van der Waals surface area contributed by atoms with Crippen LogP contribution in [-0.2, 0) is 0 Å². The Morgan fingerprint density at radius 2 is 2.05 bits per heavy atom. The molecule has 0 bridgehead atoms. The Morgan fingerprint density at radius 1 is 1.33 bits per heavy atom. The molecule has 1 fully saturated rings. The number of β-amino-alcohol motifs (C(OH)–C–C–N with tert-alkyl or cyclic N) is 1. The van der Waals surface area contributed by atoms with E-state index in [0.29, 0.717) is 44.8 Å². The zero-order valence-corrected chi connectivity index (χ0v) is 11.9. The fourth-order valence-corrected chi connectivity index (χ4v) is 2.31. The number of nitrogens with zero attached hydrogens (tertiary/aromatic N) is 2. The summed E-state index contributed by atoms with van der Waals surface area (Å²) < 4.78 is 13.8. The highest BCUT2D eigenvalue weighted by Gasteiger charge is 2.22. The number of aliphatic hydroxyl groups excluding tert-OH is 1. The maximum absolute atomic E-state index is 13.8. The Kier molecular flexibility index (Phi) is 5.35. The van der Waals surface area contributed by atoms with E-state index >= 15 is 0 Å². The van der Waals surface area contributed by atoms with Crippen LogP contribution in [0.1, 0.15) is 6.42 Å². The van der Waals surface area contributed by atoms with Gasteiger partial charge < -0.3 is 21.1 Å². The van der Waals surface area contributed by atoms with Gasteiger partial charge in [0.1, 0.15) is 5.83 Å². The molecule has 2 amide bonds.